The van der Waals surface area contributed by atoms with Gasteiger partial charge in [-0.3, -0.25) is 10.8 Å². The van der Waals surface area contributed by atoms with Crippen molar-refractivity contribution in [3.8, 4) is 0 Å². The fourth-order valence-electron chi connectivity index (χ4n) is 2.91. The minimum Gasteiger partial charge on any atom is -0.325 e. The third kappa shape index (κ3) is 1.21. The van der Waals surface area contributed by atoms with Crippen LogP contribution in [0.15, 0.2) is 48.5 Å². The van der Waals surface area contributed by atoms with E-state index >= 15 is 0 Å². The van der Waals surface area contributed by atoms with Crippen molar-refractivity contribution in [1.82, 2.24) is 5.32 Å². The van der Waals surface area contributed by atoms with Crippen LogP contribution >= 0.6 is 0 Å². The summed E-state index contributed by atoms with van der Waals surface area (Å²) in [6.45, 7) is 0. The molecule has 3 nitrogen and oxygen atoms in total. The van der Waals surface area contributed by atoms with Crippen molar-refractivity contribution in [2.24, 2.45) is 0 Å². The average molecular weight is 245 g/mol. The van der Waals surface area contributed by atoms with E-state index in [1.54, 1.807) is 0 Å². The topological polar surface area (TPSA) is 59.7 Å². The zero-order valence-corrected chi connectivity index (χ0v) is 10.1. The lowest BCUT2D eigenvalue weighted by molar-refractivity contribution is 1.29. The number of hydrogen-bond acceptors (Lipinski definition) is 2. The lowest BCUT2D eigenvalue weighted by atomic mass is 9.92. The standard InChI is InChI=1S/C16H11N3/c17-15-13-11-7-3-1-5-9(11)10-6-2-4-8-12(10)14(13)16(18)19-15/h1-8H,(H3,17,18,19). The van der Waals surface area contributed by atoms with Crippen LogP contribution in [0, 0.1) is 10.8 Å². The van der Waals surface area contributed by atoms with E-state index in [4.69, 9.17) is 10.8 Å². The summed E-state index contributed by atoms with van der Waals surface area (Å²) >= 11 is 0. The molecule has 0 amide bonds. The molecule has 0 atom stereocenters. The Bertz CT molecular complexity index is 805. The van der Waals surface area contributed by atoms with E-state index in [-0.39, 0.29) is 0 Å². The summed E-state index contributed by atoms with van der Waals surface area (Å²) in [5, 5.41) is 23.3. The fraction of sp³-hybridized carbons (Fsp3) is 0. The second-order valence-corrected chi connectivity index (χ2v) is 4.72. The molecule has 0 unspecified atom stereocenters. The molecular formula is C16H11N3. The van der Waals surface area contributed by atoms with Crippen LogP contribution < -0.4 is 5.32 Å². The van der Waals surface area contributed by atoms with Crippen LogP contribution in [0.2, 0.25) is 0 Å². The summed E-state index contributed by atoms with van der Waals surface area (Å²) in [7, 11) is 0. The van der Waals surface area contributed by atoms with Crippen LogP contribution in [0.3, 0.4) is 0 Å². The number of amidine groups is 2. The highest BCUT2D eigenvalue weighted by Crippen LogP contribution is 2.34. The molecule has 1 heterocycles. The first-order chi connectivity index (χ1) is 9.27. The van der Waals surface area contributed by atoms with Crippen molar-refractivity contribution in [1.29, 1.82) is 10.8 Å². The van der Waals surface area contributed by atoms with Crippen molar-refractivity contribution in [3.05, 3.63) is 59.7 Å². The van der Waals surface area contributed by atoms with Gasteiger partial charge in [0.2, 0.25) is 0 Å². The second kappa shape index (κ2) is 3.42. The molecule has 3 aromatic rings. The van der Waals surface area contributed by atoms with E-state index in [1.165, 1.54) is 0 Å². The minimum atomic E-state index is 0.321. The zero-order valence-electron chi connectivity index (χ0n) is 10.1. The van der Waals surface area contributed by atoms with Gasteiger partial charge in [0.1, 0.15) is 11.7 Å². The summed E-state index contributed by atoms with van der Waals surface area (Å²) in [5.74, 6) is 0.643. The Morgan fingerprint density at radius 2 is 0.947 bits per heavy atom. The molecule has 0 fully saturated rings. The van der Waals surface area contributed by atoms with Crippen LogP contribution in [0.4, 0.5) is 0 Å². The van der Waals surface area contributed by atoms with Crippen molar-refractivity contribution >= 4 is 33.2 Å². The van der Waals surface area contributed by atoms with Gasteiger partial charge in [-0.05, 0) is 21.5 Å². The lowest BCUT2D eigenvalue weighted by Crippen LogP contribution is -2.20. The smallest absolute Gasteiger partial charge is 0.132 e. The maximum Gasteiger partial charge on any atom is 0.132 e. The number of nitrogens with one attached hydrogen (secondary N) is 3. The third-order valence-electron chi connectivity index (χ3n) is 3.68. The molecule has 0 saturated heterocycles. The van der Waals surface area contributed by atoms with Gasteiger partial charge in [-0.2, -0.15) is 0 Å². The van der Waals surface area contributed by atoms with Gasteiger partial charge in [-0.1, -0.05) is 48.5 Å². The Kier molecular flexibility index (Phi) is 1.85. The number of fused-ring (bicyclic) bond motifs is 6. The molecule has 0 bridgehead atoms. The van der Waals surface area contributed by atoms with Crippen LogP contribution in [0.5, 0.6) is 0 Å². The summed E-state index contributed by atoms with van der Waals surface area (Å²) in [6, 6.07) is 16.2. The van der Waals surface area contributed by atoms with Crippen LogP contribution in [0.1, 0.15) is 11.1 Å². The van der Waals surface area contributed by atoms with E-state index in [2.05, 4.69) is 17.4 Å². The highest BCUT2D eigenvalue weighted by Gasteiger charge is 2.26. The molecule has 1 aliphatic heterocycles. The van der Waals surface area contributed by atoms with Crippen LogP contribution in [-0.4, -0.2) is 11.7 Å². The maximum absolute atomic E-state index is 8.07. The number of rotatable bonds is 0. The minimum absolute atomic E-state index is 0.321. The van der Waals surface area contributed by atoms with Gasteiger partial charge in [-0.25, -0.2) is 0 Å². The molecule has 19 heavy (non-hydrogen) atoms. The molecular weight excluding hydrogens is 234 g/mol. The summed E-state index contributed by atoms with van der Waals surface area (Å²) in [6.07, 6.45) is 0. The van der Waals surface area contributed by atoms with Gasteiger partial charge in [0.15, 0.2) is 0 Å². The monoisotopic (exact) mass is 245 g/mol. The first kappa shape index (κ1) is 10.3. The molecule has 4 rings (SSSR count). The van der Waals surface area contributed by atoms with Crippen molar-refractivity contribution in [2.75, 3.05) is 0 Å². The van der Waals surface area contributed by atoms with Crippen LogP contribution in [0.25, 0.3) is 21.5 Å². The number of benzene rings is 3. The molecule has 1 aliphatic rings. The Hall–Kier alpha value is -2.68. The predicted octanol–water partition coefficient (Wildman–Crippen LogP) is 3.25. The normalized spacial score (nSPS) is 13.9. The van der Waals surface area contributed by atoms with E-state index in [0.29, 0.717) is 11.7 Å². The lowest BCUT2D eigenvalue weighted by Gasteiger charge is -2.09. The molecule has 0 spiro atoms. The van der Waals surface area contributed by atoms with E-state index in [9.17, 15) is 0 Å². The Balaban J connectivity index is 2.38. The molecule has 0 aromatic heterocycles. The van der Waals surface area contributed by atoms with E-state index in [0.717, 1.165) is 32.7 Å². The van der Waals surface area contributed by atoms with Crippen LogP contribution in [-0.2, 0) is 0 Å². The van der Waals surface area contributed by atoms with Gasteiger partial charge in [-0.15, -0.1) is 0 Å². The second-order valence-electron chi connectivity index (χ2n) is 4.72. The molecule has 3 N–H and O–H groups in total. The molecule has 90 valence electrons. The largest absolute Gasteiger partial charge is 0.325 e. The molecule has 0 radical (unpaired) electrons. The molecule has 0 aliphatic carbocycles. The van der Waals surface area contributed by atoms with Gasteiger partial charge in [0.05, 0.1) is 0 Å². The quantitative estimate of drug-likeness (QED) is 0.523. The van der Waals surface area contributed by atoms with Crippen molar-refractivity contribution in [2.45, 2.75) is 0 Å². The predicted molar refractivity (Wildman–Crippen MR) is 78.2 cm³/mol. The van der Waals surface area contributed by atoms with E-state index < -0.39 is 0 Å². The Morgan fingerprint density at radius 3 is 1.37 bits per heavy atom. The summed E-state index contributed by atoms with van der Waals surface area (Å²) in [5.41, 5.74) is 1.69. The first-order valence-corrected chi connectivity index (χ1v) is 6.15. The highest BCUT2D eigenvalue weighted by molar-refractivity contribution is 6.34. The van der Waals surface area contributed by atoms with E-state index in [1.807, 2.05) is 36.4 Å². The molecule has 3 heteroatoms. The van der Waals surface area contributed by atoms with Gasteiger partial charge in [0, 0.05) is 11.1 Å². The number of hydrogen-bond donors (Lipinski definition) is 3. The Morgan fingerprint density at radius 1 is 0.579 bits per heavy atom. The van der Waals surface area contributed by atoms with Gasteiger partial charge in [0.25, 0.3) is 0 Å². The zero-order chi connectivity index (χ0) is 13.0. The maximum atomic E-state index is 8.07. The average Bonchev–Trinajstić information content (AvgIpc) is 2.75. The fourth-order valence-corrected chi connectivity index (χ4v) is 2.91. The van der Waals surface area contributed by atoms with Crippen molar-refractivity contribution < 1.29 is 0 Å². The third-order valence-corrected chi connectivity index (χ3v) is 3.68. The van der Waals surface area contributed by atoms with Gasteiger partial charge >= 0.3 is 0 Å². The molecule has 3 aromatic carbocycles. The highest BCUT2D eigenvalue weighted by atomic mass is 15.0. The summed E-state index contributed by atoms with van der Waals surface area (Å²) < 4.78 is 0. The summed E-state index contributed by atoms with van der Waals surface area (Å²) in [4.78, 5) is 0. The van der Waals surface area contributed by atoms with Crippen molar-refractivity contribution in [3.63, 3.8) is 0 Å². The first-order valence-electron chi connectivity index (χ1n) is 6.15. The molecule has 0 saturated carbocycles. The van der Waals surface area contributed by atoms with Gasteiger partial charge < -0.3 is 5.32 Å². The SMILES string of the molecule is N=C1NC(=N)c2c1c1ccccc1c1ccccc21. The Labute approximate surface area is 109 Å².